The number of benzene rings is 3. The minimum Gasteiger partial charge on any atom is -0.497 e. The van der Waals surface area contributed by atoms with Crippen molar-refractivity contribution in [3.8, 4) is 11.5 Å². The molecule has 3 aromatic carbocycles. The number of hydrogen-bond acceptors (Lipinski definition) is 5. The lowest BCUT2D eigenvalue weighted by molar-refractivity contribution is -0.137. The summed E-state index contributed by atoms with van der Waals surface area (Å²) in [6, 6.07) is 22.2. The van der Waals surface area contributed by atoms with Crippen LogP contribution in [0.5, 0.6) is 11.5 Å². The number of carbonyl (C=O) groups excluding carboxylic acids is 2. The van der Waals surface area contributed by atoms with Crippen LogP contribution in [0.4, 0.5) is 5.69 Å². The summed E-state index contributed by atoms with van der Waals surface area (Å²) in [7, 11) is 3.11. The molecule has 162 valence electrons. The van der Waals surface area contributed by atoms with Crippen LogP contribution in [0.3, 0.4) is 0 Å². The van der Waals surface area contributed by atoms with E-state index < -0.39 is 0 Å². The first kappa shape index (κ1) is 21.2. The summed E-state index contributed by atoms with van der Waals surface area (Å²) in [6.07, 6.45) is 0. The lowest BCUT2D eigenvalue weighted by Gasteiger charge is -2.16. The molecule has 6 nitrogen and oxygen atoms in total. The van der Waals surface area contributed by atoms with Gasteiger partial charge in [-0.3, -0.25) is 14.5 Å². The van der Waals surface area contributed by atoms with Gasteiger partial charge in [0.05, 0.1) is 32.0 Å². The Morgan fingerprint density at radius 2 is 1.56 bits per heavy atom. The molecule has 1 heterocycles. The zero-order chi connectivity index (χ0) is 22.7. The average molecular weight is 428 g/mol. The second-order valence-corrected chi connectivity index (χ2v) is 7.49. The highest BCUT2D eigenvalue weighted by atomic mass is 16.5. The molecule has 6 heteroatoms. The number of nitrogens with one attached hydrogen (secondary N) is 1. The van der Waals surface area contributed by atoms with E-state index in [0.717, 1.165) is 11.1 Å². The van der Waals surface area contributed by atoms with Gasteiger partial charge in [0.25, 0.3) is 11.8 Å². The Labute approximate surface area is 187 Å². The maximum absolute atomic E-state index is 13.4. The molecular weight excluding hydrogens is 404 g/mol. The third-order valence-electron chi connectivity index (χ3n) is 5.36. The van der Waals surface area contributed by atoms with Crippen LogP contribution >= 0.6 is 0 Å². The molecule has 4 rings (SSSR count). The summed E-state index contributed by atoms with van der Waals surface area (Å²) in [6.45, 7) is 2.18. The number of nitrogens with zero attached hydrogens (tertiary/aromatic N) is 1. The largest absolute Gasteiger partial charge is 0.497 e. The maximum Gasteiger partial charge on any atom is 0.278 e. The number of rotatable bonds is 7. The molecule has 0 saturated carbocycles. The number of anilines is 1. The summed E-state index contributed by atoms with van der Waals surface area (Å²) in [4.78, 5) is 28.1. The van der Waals surface area contributed by atoms with E-state index in [4.69, 9.17) is 9.47 Å². The van der Waals surface area contributed by atoms with Gasteiger partial charge in [0.15, 0.2) is 0 Å². The molecule has 3 aromatic rings. The summed E-state index contributed by atoms with van der Waals surface area (Å²) in [5.41, 5.74) is 3.73. The molecule has 0 saturated heterocycles. The normalized spacial score (nSPS) is 13.5. The lowest BCUT2D eigenvalue weighted by Crippen LogP contribution is -2.32. The van der Waals surface area contributed by atoms with Gasteiger partial charge in [0.1, 0.15) is 17.2 Å². The third-order valence-corrected chi connectivity index (χ3v) is 5.36. The standard InChI is InChI=1S/C26H24N2O4/c1-17-9-11-18(12-10-17)16-28-25(29)23(19-7-5-4-6-8-19)24(26(28)30)27-21-15-20(31-2)13-14-22(21)32-3/h4-15,27H,16H2,1-3H3. The minimum atomic E-state index is -0.390. The van der Waals surface area contributed by atoms with Crippen LogP contribution in [0.15, 0.2) is 78.5 Å². The zero-order valence-corrected chi connectivity index (χ0v) is 18.2. The molecule has 1 aliphatic rings. The molecule has 0 spiro atoms. The maximum atomic E-state index is 13.4. The Balaban J connectivity index is 1.76. The van der Waals surface area contributed by atoms with Crippen molar-refractivity contribution in [2.75, 3.05) is 19.5 Å². The van der Waals surface area contributed by atoms with Crippen molar-refractivity contribution < 1.29 is 19.1 Å². The number of methoxy groups -OCH3 is 2. The number of aryl methyl sites for hydroxylation is 1. The van der Waals surface area contributed by atoms with E-state index in [2.05, 4.69) is 5.32 Å². The highest BCUT2D eigenvalue weighted by Gasteiger charge is 2.39. The second-order valence-electron chi connectivity index (χ2n) is 7.49. The minimum absolute atomic E-state index is 0.189. The van der Waals surface area contributed by atoms with Crippen LogP contribution in [-0.2, 0) is 16.1 Å². The highest BCUT2D eigenvalue weighted by Crippen LogP contribution is 2.35. The van der Waals surface area contributed by atoms with Gasteiger partial charge in [-0.2, -0.15) is 0 Å². The van der Waals surface area contributed by atoms with Crippen molar-refractivity contribution in [1.82, 2.24) is 4.90 Å². The first-order valence-electron chi connectivity index (χ1n) is 10.2. The van der Waals surface area contributed by atoms with Crippen molar-refractivity contribution in [3.63, 3.8) is 0 Å². The SMILES string of the molecule is COc1ccc(OC)c(NC2=C(c3ccccc3)C(=O)N(Cc3ccc(C)cc3)C2=O)c1. The molecule has 0 fully saturated rings. The van der Waals surface area contributed by atoms with Crippen molar-refractivity contribution in [2.45, 2.75) is 13.5 Å². The molecule has 1 aliphatic heterocycles. The summed E-state index contributed by atoms with van der Waals surface area (Å²) >= 11 is 0. The van der Waals surface area contributed by atoms with Gasteiger partial charge in [-0.15, -0.1) is 0 Å². The Bertz CT molecular complexity index is 1180. The number of hydrogen-bond donors (Lipinski definition) is 1. The topological polar surface area (TPSA) is 67.9 Å². The predicted octanol–water partition coefficient (Wildman–Crippen LogP) is 4.40. The molecule has 0 unspecified atom stereocenters. The molecule has 1 N–H and O–H groups in total. The van der Waals surface area contributed by atoms with Gasteiger partial charge in [-0.25, -0.2) is 0 Å². The fourth-order valence-corrected chi connectivity index (χ4v) is 3.63. The van der Waals surface area contributed by atoms with E-state index in [1.165, 1.54) is 4.90 Å². The molecule has 32 heavy (non-hydrogen) atoms. The van der Waals surface area contributed by atoms with Crippen LogP contribution in [0.25, 0.3) is 5.57 Å². The molecular formula is C26H24N2O4. The summed E-state index contributed by atoms with van der Waals surface area (Å²) in [5, 5.41) is 3.15. The van der Waals surface area contributed by atoms with Crippen molar-refractivity contribution in [2.24, 2.45) is 0 Å². The van der Waals surface area contributed by atoms with E-state index >= 15 is 0 Å². The van der Waals surface area contributed by atoms with Crippen LogP contribution in [0.1, 0.15) is 16.7 Å². The zero-order valence-electron chi connectivity index (χ0n) is 18.2. The van der Waals surface area contributed by atoms with E-state index in [1.807, 2.05) is 61.5 Å². The Hall–Kier alpha value is -4.06. The van der Waals surface area contributed by atoms with Crippen LogP contribution < -0.4 is 14.8 Å². The second kappa shape index (κ2) is 8.98. The van der Waals surface area contributed by atoms with E-state index in [0.29, 0.717) is 28.3 Å². The first-order valence-corrected chi connectivity index (χ1v) is 10.2. The van der Waals surface area contributed by atoms with Gasteiger partial charge in [-0.1, -0.05) is 60.2 Å². The van der Waals surface area contributed by atoms with Crippen LogP contribution in [0.2, 0.25) is 0 Å². The van der Waals surface area contributed by atoms with Gasteiger partial charge in [0.2, 0.25) is 0 Å². The molecule has 2 amide bonds. The van der Waals surface area contributed by atoms with Crippen molar-refractivity contribution >= 4 is 23.1 Å². The van der Waals surface area contributed by atoms with Crippen molar-refractivity contribution in [1.29, 1.82) is 0 Å². The van der Waals surface area contributed by atoms with Gasteiger partial charge in [0, 0.05) is 6.07 Å². The smallest absolute Gasteiger partial charge is 0.278 e. The predicted molar refractivity (Wildman–Crippen MR) is 123 cm³/mol. The number of carbonyl (C=O) groups is 2. The van der Waals surface area contributed by atoms with Crippen LogP contribution in [-0.4, -0.2) is 30.9 Å². The lowest BCUT2D eigenvalue weighted by atomic mass is 10.0. The summed E-state index contributed by atoms with van der Waals surface area (Å²) in [5.74, 6) is 0.400. The molecule has 0 aliphatic carbocycles. The molecule has 0 bridgehead atoms. The Kier molecular flexibility index (Phi) is 5.94. The molecule has 0 radical (unpaired) electrons. The molecule has 0 atom stereocenters. The van der Waals surface area contributed by atoms with Gasteiger partial charge in [-0.05, 0) is 30.2 Å². The summed E-state index contributed by atoms with van der Waals surface area (Å²) < 4.78 is 10.8. The Morgan fingerprint density at radius 1 is 0.844 bits per heavy atom. The number of imide groups is 1. The number of ether oxygens (including phenoxy) is 2. The first-order chi connectivity index (χ1) is 15.5. The van der Waals surface area contributed by atoms with E-state index in [1.54, 1.807) is 32.4 Å². The number of amides is 2. The van der Waals surface area contributed by atoms with Crippen molar-refractivity contribution in [3.05, 3.63) is 95.2 Å². The fourth-order valence-electron chi connectivity index (χ4n) is 3.63. The van der Waals surface area contributed by atoms with Crippen LogP contribution in [0, 0.1) is 6.92 Å². The van der Waals surface area contributed by atoms with E-state index in [9.17, 15) is 9.59 Å². The van der Waals surface area contributed by atoms with Gasteiger partial charge >= 0.3 is 0 Å². The monoisotopic (exact) mass is 428 g/mol. The highest BCUT2D eigenvalue weighted by molar-refractivity contribution is 6.36. The third kappa shape index (κ3) is 4.07. The Morgan fingerprint density at radius 3 is 2.22 bits per heavy atom. The molecule has 0 aromatic heterocycles. The fraction of sp³-hybridized carbons (Fsp3) is 0.154. The van der Waals surface area contributed by atoms with E-state index in [-0.39, 0.29) is 24.1 Å². The average Bonchev–Trinajstić information content (AvgIpc) is 3.05. The quantitative estimate of drug-likeness (QED) is 0.565. The van der Waals surface area contributed by atoms with Gasteiger partial charge < -0.3 is 14.8 Å².